The van der Waals surface area contributed by atoms with Crippen LogP contribution in [-0.4, -0.2) is 178 Å². The number of amides is 5. The minimum absolute atomic E-state index is 0.0123. The van der Waals surface area contributed by atoms with Gasteiger partial charge in [-0.2, -0.15) is 0 Å². The number of carbonyl (C=O) groups excluding carboxylic acids is 5. The van der Waals surface area contributed by atoms with E-state index in [1.807, 2.05) is 70.6 Å². The van der Waals surface area contributed by atoms with Gasteiger partial charge in [-0.3, -0.25) is 44.7 Å². The summed E-state index contributed by atoms with van der Waals surface area (Å²) in [5.41, 5.74) is 1.47. The van der Waals surface area contributed by atoms with E-state index in [-0.39, 0.29) is 59.9 Å². The van der Waals surface area contributed by atoms with Crippen LogP contribution in [0.25, 0.3) is 16.5 Å². The molecule has 6 aliphatic rings. The molecule has 3 aromatic rings. The number of halogens is 2. The summed E-state index contributed by atoms with van der Waals surface area (Å²) in [6.07, 6.45) is 17.1. The van der Waals surface area contributed by atoms with Gasteiger partial charge in [0.2, 0.25) is 24.6 Å². The van der Waals surface area contributed by atoms with E-state index in [2.05, 4.69) is 50.0 Å². The fraction of sp³-hybridized carbons (Fsp3) is 0.508. The Hall–Kier alpha value is -7.82. The Labute approximate surface area is 504 Å². The fourth-order valence-corrected chi connectivity index (χ4v) is 11.9. The molecule has 3 aromatic carbocycles. The first-order valence-corrected chi connectivity index (χ1v) is 29.6. The number of fused-ring (bicyclic) bond motifs is 4. The molecule has 462 valence electrons. The van der Waals surface area contributed by atoms with Crippen molar-refractivity contribution in [2.45, 2.75) is 147 Å². The average Bonchev–Trinajstić information content (AvgIpc) is 2.54. The smallest absolute Gasteiger partial charge is 0.410 e. The highest BCUT2D eigenvalue weighted by Gasteiger charge is 2.45. The second-order valence-electron chi connectivity index (χ2n) is 22.5. The summed E-state index contributed by atoms with van der Waals surface area (Å²) in [6, 6.07) is 13.7. The molecule has 6 atom stereocenters. The molecule has 2 bridgehead atoms. The monoisotopic (exact) mass is 1190 g/mol. The van der Waals surface area contributed by atoms with Crippen molar-refractivity contribution in [3.05, 3.63) is 88.3 Å². The molecule has 5 amide bonds. The Morgan fingerprint density at radius 1 is 1.00 bits per heavy atom. The van der Waals surface area contributed by atoms with E-state index in [4.69, 9.17) is 31.1 Å². The lowest BCUT2D eigenvalue weighted by Crippen LogP contribution is -2.56. The number of benzene rings is 3. The van der Waals surface area contributed by atoms with Crippen LogP contribution in [0.1, 0.15) is 122 Å². The van der Waals surface area contributed by atoms with Crippen LogP contribution < -0.4 is 20.4 Å². The number of nitrogens with zero attached hydrogens (tertiary/aromatic N) is 7. The van der Waals surface area contributed by atoms with Crippen molar-refractivity contribution < 1.29 is 52.1 Å². The van der Waals surface area contributed by atoms with E-state index in [1.165, 1.54) is 49.4 Å². The van der Waals surface area contributed by atoms with Crippen LogP contribution >= 0.6 is 0 Å². The number of ether oxygens (including phenoxy) is 3. The van der Waals surface area contributed by atoms with E-state index in [0.29, 0.717) is 92.4 Å². The first-order valence-electron chi connectivity index (χ1n) is 29.6. The summed E-state index contributed by atoms with van der Waals surface area (Å²) in [4.78, 5) is 77.6. The molecule has 6 heterocycles. The van der Waals surface area contributed by atoms with E-state index in [1.54, 1.807) is 35.2 Å². The van der Waals surface area contributed by atoms with Gasteiger partial charge in [0.1, 0.15) is 34.7 Å². The van der Waals surface area contributed by atoms with Crippen molar-refractivity contribution in [1.82, 2.24) is 25.3 Å². The zero-order valence-corrected chi connectivity index (χ0v) is 50.9. The average molecular weight is 1190 g/mol. The number of piperidine rings is 1. The van der Waals surface area contributed by atoms with Gasteiger partial charge in [0.05, 0.1) is 53.9 Å². The number of rotatable bonds is 19. The summed E-state index contributed by atoms with van der Waals surface area (Å²) >= 11 is 0. The SMILES string of the molecule is C#Cc1c(F)ccc2cccc(C3=C(F)C(=N)/C(=C(\N=C)N4CC5CCC(C4)N5C(=O)OC(C)(C)C)C=N3)c12.CC.CN(C)c1cc(C#CCCOC(CCNC=O)CCOCC2CCC3CCCN32)ccc1N(C=O)C1CCC(=O)NC1=O.CO. The highest BCUT2D eigenvalue weighted by molar-refractivity contribution is 6.28. The number of imide groups is 1. The molecule has 4 N–H and O–H groups in total. The highest BCUT2D eigenvalue weighted by Crippen LogP contribution is 2.39. The van der Waals surface area contributed by atoms with Crippen molar-refractivity contribution >= 4 is 77.2 Å². The molecule has 21 heteroatoms. The molecule has 6 aliphatic heterocycles. The second-order valence-corrected chi connectivity index (χ2v) is 22.5. The lowest BCUT2D eigenvalue weighted by atomic mass is 9.94. The number of aliphatic hydroxyl groups excluding tert-OH is 1. The molecule has 5 fully saturated rings. The normalized spacial score (nSPS) is 21.4. The van der Waals surface area contributed by atoms with Gasteiger partial charge >= 0.3 is 6.09 Å². The van der Waals surface area contributed by atoms with Crippen LogP contribution in [0, 0.1) is 35.4 Å². The largest absolute Gasteiger partial charge is 0.444 e. The van der Waals surface area contributed by atoms with Crippen LogP contribution in [0.4, 0.5) is 25.0 Å². The summed E-state index contributed by atoms with van der Waals surface area (Å²) in [5, 5.41) is 21.7. The van der Waals surface area contributed by atoms with Crippen LogP contribution in [0.3, 0.4) is 0 Å². The molecule has 0 radical (unpaired) electrons. The molecule has 0 aliphatic carbocycles. The maximum absolute atomic E-state index is 15.8. The van der Waals surface area contributed by atoms with Crippen LogP contribution in [0.15, 0.2) is 75.7 Å². The molecule has 0 spiro atoms. The predicted molar refractivity (Wildman–Crippen MR) is 332 cm³/mol. The van der Waals surface area contributed by atoms with Gasteiger partial charge in [-0.15, -0.1) is 6.42 Å². The lowest BCUT2D eigenvalue weighted by molar-refractivity contribution is -0.134. The minimum Gasteiger partial charge on any atom is -0.444 e. The Morgan fingerprint density at radius 3 is 2.40 bits per heavy atom. The molecule has 9 rings (SSSR count). The number of carbonyl (C=O) groups is 5. The summed E-state index contributed by atoms with van der Waals surface area (Å²) in [5.74, 6) is 6.76. The van der Waals surface area contributed by atoms with Crippen LogP contribution in [-0.2, 0) is 33.4 Å². The lowest BCUT2D eigenvalue weighted by Gasteiger charge is -2.42. The number of aliphatic imine (C=N–C) groups is 2. The Kier molecular flexibility index (Phi) is 25.1. The Bertz CT molecular complexity index is 3130. The van der Waals surface area contributed by atoms with Crippen LogP contribution in [0.2, 0.25) is 0 Å². The molecule has 86 heavy (non-hydrogen) atoms. The second kappa shape index (κ2) is 32.1. The molecule has 0 saturated carbocycles. The number of hydrogen-bond acceptors (Lipinski definition) is 15. The first-order chi connectivity index (χ1) is 41.4. The fourth-order valence-electron chi connectivity index (χ4n) is 11.9. The highest BCUT2D eigenvalue weighted by atomic mass is 19.1. The number of nitrogens with one attached hydrogen (secondary N) is 3. The number of terminal acetylenes is 1. The zero-order chi connectivity index (χ0) is 62.7. The molecule has 0 aromatic heterocycles. The van der Waals surface area contributed by atoms with Crippen molar-refractivity contribution in [2.24, 2.45) is 9.98 Å². The molecule has 19 nitrogen and oxygen atoms in total. The third kappa shape index (κ3) is 16.6. The summed E-state index contributed by atoms with van der Waals surface area (Å²) in [7, 11) is 4.72. The molecular weight excluding hydrogens is 1100 g/mol. The quantitative estimate of drug-likeness (QED) is 0.0294. The Morgan fingerprint density at radius 2 is 1.73 bits per heavy atom. The summed E-state index contributed by atoms with van der Waals surface area (Å²) in [6.45, 7) is 17.7. The van der Waals surface area contributed by atoms with Crippen molar-refractivity contribution in [2.75, 3.05) is 77.0 Å². The van der Waals surface area contributed by atoms with Crippen molar-refractivity contribution in [1.29, 1.82) is 5.41 Å². The van der Waals surface area contributed by atoms with Gasteiger partial charge in [0.15, 0.2) is 5.83 Å². The van der Waals surface area contributed by atoms with Crippen LogP contribution in [0.5, 0.6) is 0 Å². The Balaban J connectivity index is 0.000000261. The third-order valence-corrected chi connectivity index (χ3v) is 15.7. The van der Waals surface area contributed by atoms with Gasteiger partial charge in [0.25, 0.3) is 0 Å². The maximum atomic E-state index is 15.8. The van der Waals surface area contributed by atoms with E-state index in [9.17, 15) is 28.4 Å². The molecule has 6 unspecified atom stereocenters. The van der Waals surface area contributed by atoms with E-state index in [0.717, 1.165) is 50.3 Å². The first kappa shape index (κ1) is 67.3. The van der Waals surface area contributed by atoms with Gasteiger partial charge in [0, 0.05) is 95.1 Å². The predicted octanol–water partition coefficient (Wildman–Crippen LogP) is 8.15. The van der Waals surface area contributed by atoms with Gasteiger partial charge in [-0.05, 0) is 121 Å². The number of allylic oxidation sites excluding steroid dienone is 2. The van der Waals surface area contributed by atoms with Gasteiger partial charge in [-0.1, -0.05) is 55.9 Å². The van der Waals surface area contributed by atoms with E-state index >= 15 is 4.39 Å². The number of anilines is 2. The van der Waals surface area contributed by atoms with Gasteiger partial charge < -0.3 is 39.3 Å². The molecular formula is C65H84F2N10O9. The summed E-state index contributed by atoms with van der Waals surface area (Å²) < 4.78 is 48.1. The zero-order valence-electron chi connectivity index (χ0n) is 50.9. The number of hydrogen-bond donors (Lipinski definition) is 4. The third-order valence-electron chi connectivity index (χ3n) is 15.7. The minimum atomic E-state index is -0.872. The van der Waals surface area contributed by atoms with Crippen molar-refractivity contribution in [3.8, 4) is 24.2 Å². The number of aliphatic hydroxyl groups is 1. The molecule has 5 saturated heterocycles. The van der Waals surface area contributed by atoms with Gasteiger partial charge in [-0.25, -0.2) is 18.6 Å². The standard InChI is InChI=1S/C32H45N5O6.C30H29F2N5O2.C2H6.CH4O/c1-35(2)30-20-24(8-11-28(30)37(23-39)29-12-13-31(40)34-32(29)41)6-3-4-18-43-27(14-16-33-22-38)15-19-42-21-26-10-9-25-7-5-17-36(25)26;1-6-20-23(31)13-10-17-8-7-9-21(24(17)20)27-25(32)26(33)22(14-35-27)28(34-5)36-15-18-11-12-19(16-36)37(18)29(38)39-30(2,3)4;2*1-2/h8,11,20,22-23,25-27,29H,4-5,7,9-10,12-19,21H2,1-2H3,(H,33,38)(H,34,40,41);1,7-10,13-14,18-19,33H,5,11-12,15-16H2,2-4H3;1-2H3;2H,1H3/b;28-22+,33-26?;;. The topological polar surface area (TPSA) is 222 Å². The van der Waals surface area contributed by atoms with E-state index < -0.39 is 34.9 Å². The number of piperazine rings is 1. The van der Waals surface area contributed by atoms with Crippen molar-refractivity contribution in [3.63, 3.8) is 0 Å². The maximum Gasteiger partial charge on any atom is 0.410 e. The number of likely N-dealkylation sites (tertiary alicyclic amines) is 1.